The number of nitrogens with one attached hydrogen (secondary N) is 1. The van der Waals surface area contributed by atoms with E-state index in [0.717, 1.165) is 68.2 Å². The molecule has 0 aromatic heterocycles. The van der Waals surface area contributed by atoms with Crippen molar-refractivity contribution in [3.63, 3.8) is 0 Å². The second-order valence-electron chi connectivity index (χ2n) is 7.09. The molecule has 0 bridgehead atoms. The lowest BCUT2D eigenvalue weighted by Gasteiger charge is -2.37. The van der Waals surface area contributed by atoms with Crippen molar-refractivity contribution < 1.29 is 5.11 Å². The molecule has 1 aromatic carbocycles. The van der Waals surface area contributed by atoms with Crippen LogP contribution in [0.4, 0.5) is 0 Å². The SMILES string of the molecule is CCNC(=NCC1(O)CCSC1)N1CCN(Cc2cccc(Cl)c2)CC1.I. The first-order valence-electron chi connectivity index (χ1n) is 9.38. The summed E-state index contributed by atoms with van der Waals surface area (Å²) in [5.74, 6) is 2.76. The Morgan fingerprint density at radius 3 is 2.74 bits per heavy atom. The summed E-state index contributed by atoms with van der Waals surface area (Å²) >= 11 is 7.90. The van der Waals surface area contributed by atoms with Crippen LogP contribution in [-0.2, 0) is 6.54 Å². The maximum absolute atomic E-state index is 10.5. The number of benzene rings is 1. The van der Waals surface area contributed by atoms with Gasteiger partial charge in [0, 0.05) is 50.0 Å². The number of halogens is 2. The summed E-state index contributed by atoms with van der Waals surface area (Å²) < 4.78 is 0. The number of piperazine rings is 1. The smallest absolute Gasteiger partial charge is 0.194 e. The van der Waals surface area contributed by atoms with E-state index in [1.165, 1.54) is 5.56 Å². The van der Waals surface area contributed by atoms with Crippen molar-refractivity contribution in [3.05, 3.63) is 34.9 Å². The molecule has 3 rings (SSSR count). The molecule has 2 aliphatic rings. The highest BCUT2D eigenvalue weighted by molar-refractivity contribution is 14.0. The molecule has 2 aliphatic heterocycles. The van der Waals surface area contributed by atoms with Gasteiger partial charge < -0.3 is 15.3 Å². The van der Waals surface area contributed by atoms with Crippen molar-refractivity contribution in [2.75, 3.05) is 50.8 Å². The van der Waals surface area contributed by atoms with E-state index in [1.54, 1.807) is 0 Å². The highest BCUT2D eigenvalue weighted by Crippen LogP contribution is 2.28. The van der Waals surface area contributed by atoms with Crippen LogP contribution in [0.25, 0.3) is 0 Å². The van der Waals surface area contributed by atoms with Gasteiger partial charge >= 0.3 is 0 Å². The second-order valence-corrected chi connectivity index (χ2v) is 8.63. The minimum atomic E-state index is -0.625. The zero-order valence-corrected chi connectivity index (χ0v) is 19.8. The van der Waals surface area contributed by atoms with E-state index in [9.17, 15) is 5.11 Å². The molecule has 0 saturated carbocycles. The number of hydrogen-bond acceptors (Lipinski definition) is 4. The zero-order chi connectivity index (χ0) is 18.4. The van der Waals surface area contributed by atoms with E-state index in [2.05, 4.69) is 28.1 Å². The average Bonchev–Trinajstić information content (AvgIpc) is 3.06. The van der Waals surface area contributed by atoms with Gasteiger partial charge in [-0.1, -0.05) is 23.7 Å². The number of aliphatic imine (C=N–C) groups is 1. The molecule has 0 radical (unpaired) electrons. The van der Waals surface area contributed by atoms with E-state index in [4.69, 9.17) is 16.6 Å². The maximum Gasteiger partial charge on any atom is 0.194 e. The summed E-state index contributed by atoms with van der Waals surface area (Å²) in [5.41, 5.74) is 0.632. The predicted molar refractivity (Wildman–Crippen MR) is 127 cm³/mol. The third-order valence-corrected chi connectivity index (χ3v) is 6.38. The molecule has 5 nitrogen and oxygen atoms in total. The fourth-order valence-electron chi connectivity index (χ4n) is 3.38. The van der Waals surface area contributed by atoms with Gasteiger partial charge in [0.1, 0.15) is 0 Å². The van der Waals surface area contributed by atoms with E-state index < -0.39 is 5.60 Å². The fraction of sp³-hybridized carbons (Fsp3) is 0.632. The standard InChI is InChI=1S/C19H29ClN4OS.HI/c1-2-21-18(22-14-19(25)6-11-26-15-19)24-9-7-23(8-10-24)13-16-4-3-5-17(20)12-16;/h3-5,12,25H,2,6-11,13-15H2,1H3,(H,21,22);1H. The lowest BCUT2D eigenvalue weighted by Crippen LogP contribution is -2.52. The third kappa shape index (κ3) is 6.96. The van der Waals surface area contributed by atoms with Gasteiger partial charge in [0.25, 0.3) is 0 Å². The van der Waals surface area contributed by atoms with E-state index >= 15 is 0 Å². The van der Waals surface area contributed by atoms with Crippen molar-refractivity contribution in [2.45, 2.75) is 25.5 Å². The van der Waals surface area contributed by atoms with Gasteiger partial charge in [-0.25, -0.2) is 0 Å². The fourth-order valence-corrected chi connectivity index (χ4v) is 4.88. The molecule has 1 unspecified atom stereocenters. The molecule has 0 amide bonds. The molecule has 152 valence electrons. The summed E-state index contributed by atoms with van der Waals surface area (Å²) in [6.07, 6.45) is 0.841. The van der Waals surface area contributed by atoms with Gasteiger partial charge in [0.05, 0.1) is 12.1 Å². The van der Waals surface area contributed by atoms with Gasteiger partial charge in [-0.2, -0.15) is 11.8 Å². The molecule has 0 aliphatic carbocycles. The monoisotopic (exact) mass is 524 g/mol. The molecule has 1 atom stereocenters. The largest absolute Gasteiger partial charge is 0.387 e. The van der Waals surface area contributed by atoms with Crippen LogP contribution >= 0.6 is 47.3 Å². The molecule has 2 fully saturated rings. The predicted octanol–water partition coefficient (Wildman–Crippen LogP) is 2.91. The quantitative estimate of drug-likeness (QED) is 0.352. The number of thioether (sulfide) groups is 1. The second kappa shape index (κ2) is 11.1. The summed E-state index contributed by atoms with van der Waals surface area (Å²) in [4.78, 5) is 9.50. The molecule has 27 heavy (non-hydrogen) atoms. The number of nitrogens with zero attached hydrogens (tertiary/aromatic N) is 3. The first kappa shape index (κ1) is 23.1. The lowest BCUT2D eigenvalue weighted by molar-refractivity contribution is 0.0773. The van der Waals surface area contributed by atoms with Crippen molar-refractivity contribution in [3.8, 4) is 0 Å². The van der Waals surface area contributed by atoms with Crippen molar-refractivity contribution in [1.29, 1.82) is 0 Å². The first-order chi connectivity index (χ1) is 12.6. The summed E-state index contributed by atoms with van der Waals surface area (Å²) in [6.45, 7) is 8.23. The Bertz CT molecular complexity index is 619. The summed E-state index contributed by atoms with van der Waals surface area (Å²) in [7, 11) is 0. The van der Waals surface area contributed by atoms with Crippen molar-refractivity contribution >= 4 is 53.3 Å². The molecular weight excluding hydrogens is 495 g/mol. The molecule has 2 saturated heterocycles. The van der Waals surface area contributed by atoms with Crippen LogP contribution in [0.3, 0.4) is 0 Å². The van der Waals surface area contributed by atoms with Gasteiger partial charge in [-0.05, 0) is 36.8 Å². The van der Waals surface area contributed by atoms with Crippen LogP contribution in [-0.4, -0.2) is 77.2 Å². The first-order valence-corrected chi connectivity index (χ1v) is 10.9. The van der Waals surface area contributed by atoms with Gasteiger partial charge in [-0.3, -0.25) is 9.89 Å². The Morgan fingerprint density at radius 1 is 1.33 bits per heavy atom. The Hall–Kier alpha value is -0.220. The van der Waals surface area contributed by atoms with Crippen LogP contribution in [0, 0.1) is 0 Å². The van der Waals surface area contributed by atoms with Crippen LogP contribution in [0.1, 0.15) is 18.9 Å². The van der Waals surface area contributed by atoms with Gasteiger partial charge in [0.15, 0.2) is 5.96 Å². The van der Waals surface area contributed by atoms with Crippen LogP contribution in [0.5, 0.6) is 0 Å². The minimum absolute atomic E-state index is 0. The molecule has 0 spiro atoms. The maximum atomic E-state index is 10.5. The van der Waals surface area contributed by atoms with Crippen LogP contribution in [0.15, 0.2) is 29.3 Å². The number of rotatable bonds is 5. The summed E-state index contributed by atoms with van der Waals surface area (Å²) in [5, 5.41) is 14.7. The molecule has 2 heterocycles. The van der Waals surface area contributed by atoms with Crippen molar-refractivity contribution in [1.82, 2.24) is 15.1 Å². The van der Waals surface area contributed by atoms with Crippen LogP contribution < -0.4 is 5.32 Å². The normalized spacial score (nSPS) is 24.0. The molecule has 2 N–H and O–H groups in total. The Balaban J connectivity index is 0.00000261. The number of guanidine groups is 1. The van der Waals surface area contributed by atoms with Crippen LogP contribution in [0.2, 0.25) is 5.02 Å². The van der Waals surface area contributed by atoms with E-state index in [0.29, 0.717) is 6.54 Å². The van der Waals surface area contributed by atoms with Gasteiger partial charge in [0.2, 0.25) is 0 Å². The minimum Gasteiger partial charge on any atom is -0.387 e. The Kier molecular flexibility index (Phi) is 9.47. The third-order valence-electron chi connectivity index (χ3n) is 4.91. The molecule has 8 heteroatoms. The highest BCUT2D eigenvalue weighted by atomic mass is 127. The molecule has 1 aromatic rings. The van der Waals surface area contributed by atoms with E-state index in [1.807, 2.05) is 30.0 Å². The lowest BCUT2D eigenvalue weighted by atomic mass is 10.0. The topological polar surface area (TPSA) is 51.1 Å². The Labute approximate surface area is 188 Å². The van der Waals surface area contributed by atoms with Crippen molar-refractivity contribution in [2.24, 2.45) is 4.99 Å². The number of aliphatic hydroxyl groups is 1. The van der Waals surface area contributed by atoms with Gasteiger partial charge in [-0.15, -0.1) is 24.0 Å². The van der Waals surface area contributed by atoms with E-state index in [-0.39, 0.29) is 24.0 Å². The summed E-state index contributed by atoms with van der Waals surface area (Å²) in [6, 6.07) is 8.10. The highest BCUT2D eigenvalue weighted by Gasteiger charge is 2.32. The zero-order valence-electron chi connectivity index (χ0n) is 15.9. The number of hydrogen-bond donors (Lipinski definition) is 2. The average molecular weight is 525 g/mol. The molecular formula is C19H30ClIN4OS. The Morgan fingerprint density at radius 2 is 2.11 bits per heavy atom.